The predicted octanol–water partition coefficient (Wildman–Crippen LogP) is 5.34. The number of nitrogens with zero attached hydrogens (tertiary/aromatic N) is 6. The van der Waals surface area contributed by atoms with E-state index in [1.165, 1.54) is 48.5 Å². The van der Waals surface area contributed by atoms with Crippen LogP contribution in [-0.2, 0) is 40.5 Å². The van der Waals surface area contributed by atoms with E-state index in [4.69, 9.17) is 23.2 Å². The van der Waals surface area contributed by atoms with Gasteiger partial charge in [0.2, 0.25) is 22.5 Å². The van der Waals surface area contributed by atoms with Crippen molar-refractivity contribution < 1.29 is 51.9 Å². The molecule has 20 nitrogen and oxygen atoms in total. The fourth-order valence-electron chi connectivity index (χ4n) is 5.05. The molecule has 0 amide bonds. The average molecular weight is 910 g/mol. The summed E-state index contributed by atoms with van der Waals surface area (Å²) in [5, 5.41) is 4.66. The minimum Gasteiger partial charge on any atom is -0.324 e. The zero-order chi connectivity index (χ0) is 42.2. The largest absolute Gasteiger partial charge is 0.324 e. The molecular weight excluding hydrogens is 888 g/mol. The van der Waals surface area contributed by atoms with Crippen LogP contribution in [0.25, 0.3) is 34.9 Å². The molecule has 0 saturated carbocycles. The predicted molar refractivity (Wildman–Crippen MR) is 208 cm³/mol. The summed E-state index contributed by atoms with van der Waals surface area (Å²) in [5.41, 5.74) is -0.0578. The van der Waals surface area contributed by atoms with Crippen LogP contribution in [0.4, 0.5) is 23.3 Å². The van der Waals surface area contributed by atoms with Crippen molar-refractivity contribution >= 4 is 99.1 Å². The lowest BCUT2D eigenvalue weighted by Gasteiger charge is -2.10. The lowest BCUT2D eigenvalue weighted by molar-refractivity contribution is 0.480. The highest BCUT2D eigenvalue weighted by molar-refractivity contribution is 7.86. The first-order chi connectivity index (χ1) is 27.0. The van der Waals surface area contributed by atoms with Gasteiger partial charge in [-0.2, -0.15) is 63.6 Å². The van der Waals surface area contributed by atoms with Crippen LogP contribution in [-0.4, -0.2) is 81.8 Å². The molecule has 0 aliphatic carbocycles. The second-order valence-electron chi connectivity index (χ2n) is 11.5. The number of aromatic nitrogens is 6. The zero-order valence-electron chi connectivity index (χ0n) is 28.4. The molecule has 0 atom stereocenters. The van der Waals surface area contributed by atoms with Crippen LogP contribution in [0.3, 0.4) is 0 Å². The van der Waals surface area contributed by atoms with Crippen LogP contribution in [0.15, 0.2) is 105 Å². The molecule has 2 heterocycles. The number of halogens is 2. The van der Waals surface area contributed by atoms with Crippen molar-refractivity contribution in [2.75, 3.05) is 10.6 Å². The van der Waals surface area contributed by atoms with E-state index in [9.17, 15) is 51.9 Å². The Morgan fingerprint density at radius 2 is 0.845 bits per heavy atom. The summed E-state index contributed by atoms with van der Waals surface area (Å²) in [6, 6.07) is 17.1. The quantitative estimate of drug-likeness (QED) is 0.0666. The van der Waals surface area contributed by atoms with Crippen molar-refractivity contribution in [3.63, 3.8) is 0 Å². The monoisotopic (exact) mass is 908 g/mol. The number of hydrogen-bond donors (Lipinski definition) is 6. The summed E-state index contributed by atoms with van der Waals surface area (Å²) in [7, 11) is -19.0. The van der Waals surface area contributed by atoms with Crippen LogP contribution in [0, 0.1) is 0 Å². The number of benzene rings is 4. The van der Waals surface area contributed by atoms with Gasteiger partial charge in [0.25, 0.3) is 40.5 Å². The molecule has 4 aromatic carbocycles. The van der Waals surface area contributed by atoms with E-state index in [1.807, 2.05) is 0 Å². The molecule has 6 N–H and O–H groups in total. The Labute approximate surface area is 338 Å². The lowest BCUT2D eigenvalue weighted by Crippen LogP contribution is -2.05. The van der Waals surface area contributed by atoms with Crippen molar-refractivity contribution in [1.29, 1.82) is 0 Å². The Bertz CT molecular complexity index is 2910. The van der Waals surface area contributed by atoms with Gasteiger partial charge in [-0.05, 0) is 82.9 Å². The fourth-order valence-corrected chi connectivity index (χ4v) is 7.84. The minimum absolute atomic E-state index is 0.00259. The summed E-state index contributed by atoms with van der Waals surface area (Å²) >= 11 is 12.2. The molecule has 0 aliphatic heterocycles. The Morgan fingerprint density at radius 3 is 1.19 bits per heavy atom. The van der Waals surface area contributed by atoms with Crippen LogP contribution in [0.5, 0.6) is 0 Å². The maximum Gasteiger partial charge on any atom is 0.295 e. The third-order valence-corrected chi connectivity index (χ3v) is 11.4. The van der Waals surface area contributed by atoms with Crippen molar-refractivity contribution in [3.05, 3.63) is 107 Å². The molecule has 0 spiro atoms. The topological polar surface area (TPSA) is 319 Å². The highest BCUT2D eigenvalue weighted by Gasteiger charge is 2.21. The summed E-state index contributed by atoms with van der Waals surface area (Å²) in [4.78, 5) is 21.9. The van der Waals surface area contributed by atoms with Gasteiger partial charge in [-0.3, -0.25) is 18.2 Å². The number of rotatable bonds is 12. The highest BCUT2D eigenvalue weighted by atomic mass is 35.5. The van der Waals surface area contributed by atoms with Gasteiger partial charge in [0, 0.05) is 22.5 Å². The lowest BCUT2D eigenvalue weighted by atomic mass is 10.1. The third kappa shape index (κ3) is 10.3. The molecule has 300 valence electrons. The molecule has 0 fully saturated rings. The van der Waals surface area contributed by atoms with Crippen LogP contribution >= 0.6 is 23.2 Å². The van der Waals surface area contributed by atoms with Crippen molar-refractivity contribution in [1.82, 2.24) is 29.9 Å². The van der Waals surface area contributed by atoms with Crippen LogP contribution in [0.1, 0.15) is 11.1 Å². The molecule has 0 saturated heterocycles. The molecule has 6 rings (SSSR count). The fraction of sp³-hybridized carbons (Fsp3) is 0. The Kier molecular flexibility index (Phi) is 11.6. The third-order valence-electron chi connectivity index (χ3n) is 7.53. The van der Waals surface area contributed by atoms with Gasteiger partial charge in [-0.15, -0.1) is 0 Å². The van der Waals surface area contributed by atoms with Gasteiger partial charge >= 0.3 is 0 Å². The van der Waals surface area contributed by atoms with E-state index < -0.39 is 60.1 Å². The van der Waals surface area contributed by atoms with Gasteiger partial charge in [0.05, 0.1) is 9.79 Å². The second kappa shape index (κ2) is 16.0. The van der Waals surface area contributed by atoms with Crippen LogP contribution in [0.2, 0.25) is 10.6 Å². The number of nitrogens with one attached hydrogen (secondary N) is 2. The molecule has 0 aliphatic rings. The normalized spacial score (nSPS) is 12.4. The van der Waals surface area contributed by atoms with E-state index in [0.717, 1.165) is 48.6 Å². The zero-order valence-corrected chi connectivity index (χ0v) is 33.1. The van der Waals surface area contributed by atoms with Gasteiger partial charge in [-0.25, -0.2) is 0 Å². The van der Waals surface area contributed by atoms with Crippen molar-refractivity contribution in [3.8, 4) is 22.8 Å². The van der Waals surface area contributed by atoms with Crippen molar-refractivity contribution in [2.45, 2.75) is 19.6 Å². The van der Waals surface area contributed by atoms with Gasteiger partial charge in [-0.1, -0.05) is 48.6 Å². The molecule has 2 aromatic heterocycles. The first kappa shape index (κ1) is 42.1. The number of hydrogen-bond acceptors (Lipinski definition) is 16. The maximum absolute atomic E-state index is 12.5. The van der Waals surface area contributed by atoms with E-state index in [-0.39, 0.29) is 67.7 Å². The first-order valence-electron chi connectivity index (χ1n) is 15.5. The summed E-state index contributed by atoms with van der Waals surface area (Å²) in [5.74, 6) is -0.806. The summed E-state index contributed by atoms with van der Waals surface area (Å²) in [6.45, 7) is 0. The smallest absolute Gasteiger partial charge is 0.295 e. The standard InChI is InChI=1S/C32H22Cl2N8O12S4/c33-29-37-27(39-31(41-29)35-21-3-1-5-23(15-21)55(43,44)45)19-11-9-17(25(13-19)57(49,50)51)7-8-18-10-12-20(14-26(18)58(52,53)54)28-38-30(34)42-32(40-28)36-22-4-2-6-24(16-22)56(46,47)48/h1-16H,(H,43,44,45)(H,46,47,48)(H,49,50,51)(H,52,53,54)(H,35,37,39,41)(H,36,38,40,42)/b8-7+. The molecule has 6 aromatic rings. The molecule has 26 heteroatoms. The Balaban J connectivity index is 1.32. The van der Waals surface area contributed by atoms with E-state index in [0.29, 0.717) is 0 Å². The Hall–Kier alpha value is -5.54. The molecule has 0 bridgehead atoms. The minimum atomic E-state index is -4.98. The molecule has 0 unspecified atom stereocenters. The first-order valence-corrected chi connectivity index (χ1v) is 22.0. The van der Waals surface area contributed by atoms with Gasteiger partial charge < -0.3 is 10.6 Å². The SMILES string of the molecule is O=S(=O)(O)c1cccc(Nc2nc(Cl)nc(-c3ccc(/C=C/c4ccc(-c5nc(Cl)nc(Nc6cccc(S(=O)(=O)O)c6)n5)cc4S(=O)(=O)O)c(S(=O)(=O)O)c3)n2)c1. The molecule has 58 heavy (non-hydrogen) atoms. The second-order valence-corrected chi connectivity index (χ2v) is 17.8. The van der Waals surface area contributed by atoms with E-state index >= 15 is 0 Å². The summed E-state index contributed by atoms with van der Waals surface area (Å²) < 4.78 is 135. The number of anilines is 4. The highest BCUT2D eigenvalue weighted by Crippen LogP contribution is 2.30. The van der Waals surface area contributed by atoms with E-state index in [2.05, 4.69) is 40.5 Å². The molecular formula is C32H22Cl2N8O12S4. The van der Waals surface area contributed by atoms with Crippen LogP contribution < -0.4 is 10.6 Å². The Morgan fingerprint density at radius 1 is 0.466 bits per heavy atom. The van der Waals surface area contributed by atoms with Gasteiger partial charge in [0.1, 0.15) is 9.79 Å². The molecule has 0 radical (unpaired) electrons. The van der Waals surface area contributed by atoms with Crippen molar-refractivity contribution in [2.24, 2.45) is 0 Å². The average Bonchev–Trinajstić information content (AvgIpc) is 3.12. The summed E-state index contributed by atoms with van der Waals surface area (Å²) in [6.07, 6.45) is 2.27. The maximum atomic E-state index is 12.5. The van der Waals surface area contributed by atoms with E-state index in [1.54, 1.807) is 0 Å². The van der Waals surface area contributed by atoms with Gasteiger partial charge in [0.15, 0.2) is 11.6 Å².